The summed E-state index contributed by atoms with van der Waals surface area (Å²) in [6.07, 6.45) is -7.40. The van der Waals surface area contributed by atoms with Gasteiger partial charge in [0.05, 0.1) is 16.7 Å². The molecule has 0 aliphatic carbocycles. The molecule has 0 aromatic heterocycles. The summed E-state index contributed by atoms with van der Waals surface area (Å²) in [5.41, 5.74) is 0.575. The van der Waals surface area contributed by atoms with Crippen molar-refractivity contribution in [2.24, 2.45) is 0 Å². The minimum atomic E-state index is -1.76. The topological polar surface area (TPSA) is 135 Å². The summed E-state index contributed by atoms with van der Waals surface area (Å²) in [5.74, 6) is -3.05. The van der Waals surface area contributed by atoms with Gasteiger partial charge in [-0.25, -0.2) is 14.4 Å². The summed E-state index contributed by atoms with van der Waals surface area (Å²) < 4.78 is 27.5. The molecule has 1 aliphatic heterocycles. The second kappa shape index (κ2) is 12.8. The molecule has 0 unspecified atom stereocenters. The Morgan fingerprint density at radius 2 is 1.15 bits per heavy atom. The molecule has 10 heteroatoms. The van der Waals surface area contributed by atoms with Crippen LogP contribution in [0.3, 0.4) is 0 Å². The Morgan fingerprint density at radius 3 is 1.62 bits per heavy atom. The minimum Gasteiger partial charge on any atom is -0.462 e. The molecule has 0 spiro atoms. The van der Waals surface area contributed by atoms with Crippen molar-refractivity contribution in [3.63, 3.8) is 0 Å². The number of ether oxygens (including phenoxy) is 5. The van der Waals surface area contributed by atoms with Crippen LogP contribution in [0.15, 0.2) is 91.0 Å². The van der Waals surface area contributed by atoms with Gasteiger partial charge in [0, 0.05) is 6.92 Å². The molecule has 0 saturated carbocycles. The number of hydrogen-bond donors (Lipinski definition) is 1. The molecule has 4 rings (SSSR count). The van der Waals surface area contributed by atoms with Crippen molar-refractivity contribution in [2.75, 3.05) is 6.61 Å². The molecule has 5 atom stereocenters. The van der Waals surface area contributed by atoms with E-state index in [0.717, 1.165) is 6.92 Å². The van der Waals surface area contributed by atoms with E-state index in [0.29, 0.717) is 0 Å². The lowest BCUT2D eigenvalue weighted by Gasteiger charge is -2.28. The number of esters is 4. The van der Waals surface area contributed by atoms with Gasteiger partial charge >= 0.3 is 23.9 Å². The van der Waals surface area contributed by atoms with E-state index in [-0.39, 0.29) is 16.7 Å². The smallest absolute Gasteiger partial charge is 0.338 e. The predicted octanol–water partition coefficient (Wildman–Crippen LogP) is 2.94. The van der Waals surface area contributed by atoms with Crippen LogP contribution in [0.2, 0.25) is 0 Å². The normalized spacial score (nSPS) is 20.9. The molecule has 0 bridgehead atoms. The summed E-state index contributed by atoms with van der Waals surface area (Å²) >= 11 is 0. The Bertz CT molecular complexity index is 1280. The van der Waals surface area contributed by atoms with Gasteiger partial charge in [0.15, 0.2) is 24.6 Å². The number of carbonyl (C=O) groups is 4. The van der Waals surface area contributed by atoms with E-state index in [1.807, 2.05) is 0 Å². The predicted molar refractivity (Wildman–Crippen MR) is 134 cm³/mol. The highest BCUT2D eigenvalue weighted by Crippen LogP contribution is 2.31. The van der Waals surface area contributed by atoms with Crippen LogP contribution in [-0.2, 0) is 28.5 Å². The van der Waals surface area contributed by atoms with Gasteiger partial charge in [-0.1, -0.05) is 54.6 Å². The van der Waals surface area contributed by atoms with E-state index in [1.165, 1.54) is 36.4 Å². The number of rotatable bonds is 9. The molecule has 3 aromatic carbocycles. The maximum atomic E-state index is 13.0. The van der Waals surface area contributed by atoms with Crippen LogP contribution < -0.4 is 0 Å². The molecule has 10 nitrogen and oxygen atoms in total. The summed E-state index contributed by atoms with van der Waals surface area (Å²) in [7, 11) is 0. The fourth-order valence-corrected chi connectivity index (χ4v) is 3.93. The second-order valence-corrected chi connectivity index (χ2v) is 8.58. The van der Waals surface area contributed by atoms with Gasteiger partial charge < -0.3 is 28.8 Å². The SMILES string of the molecule is CC(=O)OC[C@@H](OC(=O)c1ccccc1)[C@@H]1O[C@@H](O)[C@H](OC(=O)c2ccccc2)[C@H]1OC(=O)c1ccccc1. The van der Waals surface area contributed by atoms with Crippen LogP contribution in [0, 0.1) is 0 Å². The van der Waals surface area contributed by atoms with E-state index in [2.05, 4.69) is 0 Å². The van der Waals surface area contributed by atoms with Crippen molar-refractivity contribution < 1.29 is 48.0 Å². The Kier molecular flexibility index (Phi) is 9.03. The van der Waals surface area contributed by atoms with Crippen molar-refractivity contribution in [3.8, 4) is 0 Å². The molecule has 1 saturated heterocycles. The van der Waals surface area contributed by atoms with Crippen molar-refractivity contribution in [2.45, 2.75) is 37.6 Å². The third kappa shape index (κ3) is 7.07. The van der Waals surface area contributed by atoms with Crippen LogP contribution in [0.5, 0.6) is 0 Å². The molecular formula is C29H26O10. The molecule has 0 radical (unpaired) electrons. The van der Waals surface area contributed by atoms with Gasteiger partial charge in [0.2, 0.25) is 0 Å². The lowest BCUT2D eigenvalue weighted by atomic mass is 10.0. The highest BCUT2D eigenvalue weighted by Gasteiger charge is 2.53. The van der Waals surface area contributed by atoms with Gasteiger partial charge in [-0.05, 0) is 36.4 Å². The summed E-state index contributed by atoms with van der Waals surface area (Å²) in [5, 5.41) is 10.7. The van der Waals surface area contributed by atoms with E-state index in [9.17, 15) is 24.3 Å². The molecule has 1 heterocycles. The van der Waals surface area contributed by atoms with Gasteiger partial charge in [-0.3, -0.25) is 4.79 Å². The lowest BCUT2D eigenvalue weighted by molar-refractivity contribution is -0.163. The molecule has 1 aliphatic rings. The number of benzene rings is 3. The Hall–Kier alpha value is -4.54. The van der Waals surface area contributed by atoms with Crippen LogP contribution in [0.4, 0.5) is 0 Å². The van der Waals surface area contributed by atoms with E-state index < -0.39 is 61.2 Å². The van der Waals surface area contributed by atoms with Gasteiger partial charge in [0.25, 0.3) is 0 Å². The molecule has 1 N–H and O–H groups in total. The fraction of sp³-hybridized carbons (Fsp3) is 0.241. The molecule has 0 amide bonds. The maximum Gasteiger partial charge on any atom is 0.338 e. The van der Waals surface area contributed by atoms with Gasteiger partial charge in [-0.2, -0.15) is 0 Å². The minimum absolute atomic E-state index is 0.184. The summed E-state index contributed by atoms with van der Waals surface area (Å²) in [6, 6.07) is 24.0. The van der Waals surface area contributed by atoms with Crippen molar-refractivity contribution >= 4 is 23.9 Å². The van der Waals surface area contributed by atoms with Crippen LogP contribution in [0.1, 0.15) is 38.0 Å². The molecule has 202 valence electrons. The molecular weight excluding hydrogens is 508 g/mol. The monoisotopic (exact) mass is 534 g/mol. The number of aliphatic hydroxyl groups excluding tert-OH is 1. The zero-order valence-corrected chi connectivity index (χ0v) is 20.9. The first kappa shape index (κ1) is 27.5. The second-order valence-electron chi connectivity index (χ2n) is 8.58. The molecule has 3 aromatic rings. The first-order valence-electron chi connectivity index (χ1n) is 12.1. The van der Waals surface area contributed by atoms with E-state index >= 15 is 0 Å². The zero-order chi connectivity index (χ0) is 27.8. The van der Waals surface area contributed by atoms with Crippen molar-refractivity contribution in [1.29, 1.82) is 0 Å². The Balaban J connectivity index is 1.63. The van der Waals surface area contributed by atoms with E-state index in [4.69, 9.17) is 23.7 Å². The largest absolute Gasteiger partial charge is 0.462 e. The lowest BCUT2D eigenvalue weighted by Crippen LogP contribution is -2.47. The van der Waals surface area contributed by atoms with Gasteiger partial charge in [-0.15, -0.1) is 0 Å². The number of carbonyl (C=O) groups excluding carboxylic acids is 4. The Labute approximate surface area is 224 Å². The highest BCUT2D eigenvalue weighted by atomic mass is 16.7. The van der Waals surface area contributed by atoms with Crippen molar-refractivity contribution in [1.82, 2.24) is 0 Å². The summed E-state index contributed by atoms with van der Waals surface area (Å²) in [6.45, 7) is 0.682. The average molecular weight is 535 g/mol. The Morgan fingerprint density at radius 1 is 0.718 bits per heavy atom. The van der Waals surface area contributed by atoms with E-state index in [1.54, 1.807) is 54.6 Å². The first-order valence-corrected chi connectivity index (χ1v) is 12.1. The quantitative estimate of drug-likeness (QED) is 0.322. The fourth-order valence-electron chi connectivity index (χ4n) is 3.93. The van der Waals surface area contributed by atoms with Crippen LogP contribution in [-0.4, -0.2) is 66.3 Å². The van der Waals surface area contributed by atoms with Crippen molar-refractivity contribution in [3.05, 3.63) is 108 Å². The van der Waals surface area contributed by atoms with Gasteiger partial charge in [0.1, 0.15) is 12.7 Å². The summed E-state index contributed by atoms with van der Waals surface area (Å²) in [4.78, 5) is 50.3. The average Bonchev–Trinajstić information content (AvgIpc) is 3.26. The third-order valence-electron chi connectivity index (χ3n) is 5.82. The molecule has 1 fully saturated rings. The zero-order valence-electron chi connectivity index (χ0n) is 20.9. The van der Waals surface area contributed by atoms with Crippen LogP contribution >= 0.6 is 0 Å². The first-order chi connectivity index (χ1) is 18.8. The number of aliphatic hydroxyl groups is 1. The standard InChI is InChI=1S/C29H26O10/c1-18(30)35-17-22(36-26(31)19-11-5-2-6-12-19)23-24(38-27(32)20-13-7-3-8-14-20)25(29(34)37-23)39-28(33)21-15-9-4-10-16-21/h2-16,22-25,29,34H,17H2,1H3/t22-,23+,24+,25-,29-/m1/s1. The molecule has 39 heavy (non-hydrogen) atoms. The third-order valence-corrected chi connectivity index (χ3v) is 5.82. The number of hydrogen-bond acceptors (Lipinski definition) is 10. The van der Waals surface area contributed by atoms with Crippen LogP contribution in [0.25, 0.3) is 0 Å². The maximum absolute atomic E-state index is 13.0. The highest BCUT2D eigenvalue weighted by molar-refractivity contribution is 5.91.